The molecule has 0 aliphatic carbocycles. The lowest BCUT2D eigenvalue weighted by Gasteiger charge is -2.04. The van der Waals surface area contributed by atoms with Gasteiger partial charge in [0.25, 0.3) is 0 Å². The predicted molar refractivity (Wildman–Crippen MR) is 66.2 cm³/mol. The van der Waals surface area contributed by atoms with Gasteiger partial charge in [0.05, 0.1) is 6.04 Å². The Hall–Kier alpha value is -0.580. The summed E-state index contributed by atoms with van der Waals surface area (Å²) in [5.41, 5.74) is 7.45. The normalized spacial score (nSPS) is 12.5. The van der Waals surface area contributed by atoms with Crippen molar-refractivity contribution in [2.45, 2.75) is 6.04 Å². The number of fused-ring (bicyclic) bond motifs is 1. The van der Waals surface area contributed by atoms with Crippen LogP contribution in [0.4, 0.5) is 4.39 Å². The number of nitrogens with two attached hydrogens (primary N) is 1. The Kier molecular flexibility index (Phi) is 4.13. The van der Waals surface area contributed by atoms with Gasteiger partial charge in [0, 0.05) is 21.6 Å². The molecular weight excluding hydrogens is 282 g/mol. The third-order valence-corrected chi connectivity index (χ3v) is 2.73. The molecule has 5 heteroatoms. The van der Waals surface area contributed by atoms with Crippen molar-refractivity contribution in [2.75, 3.05) is 6.67 Å². The van der Waals surface area contributed by atoms with Crippen LogP contribution in [0.2, 0.25) is 0 Å². The van der Waals surface area contributed by atoms with Crippen LogP contribution in [-0.2, 0) is 0 Å². The number of aromatic nitrogens is 1. The monoisotopic (exact) mass is 292 g/mol. The van der Waals surface area contributed by atoms with Gasteiger partial charge in [0.1, 0.15) is 6.67 Å². The molecular formula is C10H11BrClFN2. The Morgan fingerprint density at radius 3 is 2.87 bits per heavy atom. The SMILES string of the molecule is Cl.N[C@@H](CF)c1c[nH]c2ccc(Br)cc12. The minimum absolute atomic E-state index is 0. The zero-order valence-corrected chi connectivity index (χ0v) is 10.2. The van der Waals surface area contributed by atoms with Crippen LogP contribution in [0, 0.1) is 0 Å². The van der Waals surface area contributed by atoms with Crippen LogP contribution in [0.25, 0.3) is 10.9 Å². The Morgan fingerprint density at radius 1 is 1.47 bits per heavy atom. The molecule has 0 bridgehead atoms. The van der Waals surface area contributed by atoms with Gasteiger partial charge in [-0.25, -0.2) is 4.39 Å². The number of benzene rings is 1. The standard InChI is InChI=1S/C10H10BrFN2.ClH/c11-6-1-2-10-7(3-6)8(5-14-10)9(13)4-12;/h1-3,5,9,14H,4,13H2;1H/t9-;/m0./s1. The van der Waals surface area contributed by atoms with E-state index in [0.29, 0.717) is 0 Å². The second kappa shape index (κ2) is 4.96. The summed E-state index contributed by atoms with van der Waals surface area (Å²) in [5.74, 6) is 0. The van der Waals surface area contributed by atoms with Gasteiger partial charge in [-0.3, -0.25) is 0 Å². The molecule has 0 aliphatic heterocycles. The van der Waals surface area contributed by atoms with Gasteiger partial charge in [-0.15, -0.1) is 12.4 Å². The second-order valence-electron chi connectivity index (χ2n) is 3.19. The van der Waals surface area contributed by atoms with Crippen LogP contribution in [0.1, 0.15) is 11.6 Å². The average Bonchev–Trinajstić information content (AvgIpc) is 2.59. The van der Waals surface area contributed by atoms with Gasteiger partial charge < -0.3 is 10.7 Å². The summed E-state index contributed by atoms with van der Waals surface area (Å²) in [5, 5.41) is 0.976. The number of nitrogens with one attached hydrogen (secondary N) is 1. The van der Waals surface area contributed by atoms with E-state index in [1.165, 1.54) is 0 Å². The zero-order valence-electron chi connectivity index (χ0n) is 7.84. The molecule has 0 aliphatic rings. The first-order valence-corrected chi connectivity index (χ1v) is 5.09. The van der Waals surface area contributed by atoms with Gasteiger partial charge in [0.2, 0.25) is 0 Å². The van der Waals surface area contributed by atoms with Crippen molar-refractivity contribution in [2.24, 2.45) is 5.73 Å². The smallest absolute Gasteiger partial charge is 0.109 e. The number of alkyl halides is 1. The van der Waals surface area contributed by atoms with Gasteiger partial charge in [-0.05, 0) is 23.8 Å². The maximum Gasteiger partial charge on any atom is 0.109 e. The number of aromatic amines is 1. The van der Waals surface area contributed by atoms with Crippen molar-refractivity contribution in [3.63, 3.8) is 0 Å². The fraction of sp³-hybridized carbons (Fsp3) is 0.200. The quantitative estimate of drug-likeness (QED) is 0.876. The summed E-state index contributed by atoms with van der Waals surface area (Å²) in [7, 11) is 0. The summed E-state index contributed by atoms with van der Waals surface area (Å²) in [6.07, 6.45) is 1.77. The maximum absolute atomic E-state index is 12.4. The van der Waals surface area contributed by atoms with E-state index in [1.807, 2.05) is 18.2 Å². The summed E-state index contributed by atoms with van der Waals surface area (Å²) in [6, 6.07) is 5.27. The first kappa shape index (κ1) is 12.5. The van der Waals surface area contributed by atoms with E-state index >= 15 is 0 Å². The average molecular weight is 294 g/mol. The van der Waals surface area contributed by atoms with Crippen molar-refractivity contribution in [3.05, 3.63) is 34.4 Å². The molecule has 82 valence electrons. The Morgan fingerprint density at radius 2 is 2.20 bits per heavy atom. The van der Waals surface area contributed by atoms with Crippen LogP contribution in [0.3, 0.4) is 0 Å². The minimum Gasteiger partial charge on any atom is -0.361 e. The topological polar surface area (TPSA) is 41.8 Å². The lowest BCUT2D eigenvalue weighted by molar-refractivity contribution is 0.438. The third-order valence-electron chi connectivity index (χ3n) is 2.24. The zero-order chi connectivity index (χ0) is 10.1. The molecule has 2 aromatic rings. The highest BCUT2D eigenvalue weighted by Crippen LogP contribution is 2.26. The van der Waals surface area contributed by atoms with E-state index < -0.39 is 12.7 Å². The first-order valence-electron chi connectivity index (χ1n) is 4.30. The highest BCUT2D eigenvalue weighted by molar-refractivity contribution is 9.10. The largest absolute Gasteiger partial charge is 0.361 e. The molecule has 1 aromatic carbocycles. The number of H-pyrrole nitrogens is 1. The van der Waals surface area contributed by atoms with Crippen LogP contribution in [0.15, 0.2) is 28.9 Å². The molecule has 2 nitrogen and oxygen atoms in total. The Balaban J connectivity index is 0.00000112. The summed E-state index contributed by atoms with van der Waals surface area (Å²) in [6.45, 7) is -0.542. The number of halogens is 3. The molecule has 15 heavy (non-hydrogen) atoms. The van der Waals surface area contributed by atoms with Gasteiger partial charge in [-0.1, -0.05) is 15.9 Å². The summed E-state index contributed by atoms with van der Waals surface area (Å²) >= 11 is 3.37. The molecule has 0 saturated carbocycles. The van der Waals surface area contributed by atoms with Crippen LogP contribution >= 0.6 is 28.3 Å². The molecule has 0 radical (unpaired) electrons. The van der Waals surface area contributed by atoms with Crippen molar-refractivity contribution in [1.29, 1.82) is 0 Å². The van der Waals surface area contributed by atoms with E-state index in [2.05, 4.69) is 20.9 Å². The Labute approximate surface area is 102 Å². The van der Waals surface area contributed by atoms with E-state index in [-0.39, 0.29) is 12.4 Å². The highest BCUT2D eigenvalue weighted by atomic mass is 79.9. The maximum atomic E-state index is 12.4. The summed E-state index contributed by atoms with van der Waals surface area (Å²) < 4.78 is 13.4. The van der Waals surface area contributed by atoms with E-state index in [0.717, 1.165) is 20.9 Å². The van der Waals surface area contributed by atoms with Gasteiger partial charge >= 0.3 is 0 Å². The molecule has 1 heterocycles. The van der Waals surface area contributed by atoms with Crippen molar-refractivity contribution < 1.29 is 4.39 Å². The lowest BCUT2D eigenvalue weighted by atomic mass is 10.1. The first-order chi connectivity index (χ1) is 6.72. The molecule has 0 saturated heterocycles. The van der Waals surface area contributed by atoms with Gasteiger partial charge in [-0.2, -0.15) is 0 Å². The van der Waals surface area contributed by atoms with Crippen LogP contribution < -0.4 is 5.73 Å². The van der Waals surface area contributed by atoms with E-state index in [1.54, 1.807) is 6.20 Å². The lowest BCUT2D eigenvalue weighted by Crippen LogP contribution is -2.11. The summed E-state index contributed by atoms with van der Waals surface area (Å²) in [4.78, 5) is 3.06. The second-order valence-corrected chi connectivity index (χ2v) is 4.11. The molecule has 2 rings (SSSR count). The van der Waals surface area contributed by atoms with Crippen molar-refractivity contribution in [1.82, 2.24) is 4.98 Å². The number of rotatable bonds is 2. The van der Waals surface area contributed by atoms with Gasteiger partial charge in [0.15, 0.2) is 0 Å². The van der Waals surface area contributed by atoms with E-state index in [9.17, 15) is 4.39 Å². The van der Waals surface area contributed by atoms with E-state index in [4.69, 9.17) is 5.73 Å². The molecule has 0 amide bonds. The fourth-order valence-corrected chi connectivity index (χ4v) is 1.87. The van der Waals surface area contributed by atoms with Crippen LogP contribution in [0.5, 0.6) is 0 Å². The Bertz CT molecular complexity index is 458. The third kappa shape index (κ3) is 2.33. The predicted octanol–water partition coefficient (Wildman–Crippen LogP) is 3.32. The number of hydrogen-bond donors (Lipinski definition) is 2. The molecule has 1 atom stereocenters. The minimum atomic E-state index is -0.543. The van der Waals surface area contributed by atoms with Crippen molar-refractivity contribution >= 4 is 39.2 Å². The highest BCUT2D eigenvalue weighted by Gasteiger charge is 2.11. The molecule has 1 aromatic heterocycles. The molecule has 0 unspecified atom stereocenters. The molecule has 0 spiro atoms. The molecule has 0 fully saturated rings. The fourth-order valence-electron chi connectivity index (χ4n) is 1.50. The molecule has 3 N–H and O–H groups in total. The van der Waals surface area contributed by atoms with Crippen LogP contribution in [-0.4, -0.2) is 11.7 Å². The number of hydrogen-bond acceptors (Lipinski definition) is 1. The van der Waals surface area contributed by atoms with Crippen molar-refractivity contribution in [3.8, 4) is 0 Å².